The van der Waals surface area contributed by atoms with Crippen molar-refractivity contribution in [3.63, 3.8) is 0 Å². The van der Waals surface area contributed by atoms with Crippen molar-refractivity contribution >= 4 is 33.7 Å². The van der Waals surface area contributed by atoms with Gasteiger partial charge in [-0.1, -0.05) is 11.5 Å². The fourth-order valence-electron chi connectivity index (χ4n) is 1.06. The molecule has 2 aromatic rings. The predicted octanol–water partition coefficient (Wildman–Crippen LogP) is 0.468. The maximum Gasteiger partial charge on any atom is 0.142 e. The Morgan fingerprint density at radius 1 is 1.55 bits per heavy atom. The molecule has 1 unspecified atom stereocenters. The monoisotopic (exact) mass is 160 g/mol. The zero-order valence-electron chi connectivity index (χ0n) is 5.86. The molecule has 0 amide bonds. The summed E-state index contributed by atoms with van der Waals surface area (Å²) in [4.78, 5) is 4.16. The standard InChI is InChI=1S/C7H6BN2P/c8-6-3-5-1-2-10(11)7(5)9-4-6/h1-4H,11H2. The molecule has 2 radical (unpaired) electrons. The summed E-state index contributed by atoms with van der Waals surface area (Å²) in [6, 6.07) is 3.88. The van der Waals surface area contributed by atoms with Crippen molar-refractivity contribution in [1.82, 2.24) is 9.32 Å². The number of nitrogens with zero attached hydrogens (tertiary/aromatic N) is 2. The van der Waals surface area contributed by atoms with Gasteiger partial charge in [0.1, 0.15) is 13.5 Å². The second-order valence-corrected chi connectivity index (χ2v) is 2.96. The van der Waals surface area contributed by atoms with Crippen molar-refractivity contribution in [2.75, 3.05) is 0 Å². The van der Waals surface area contributed by atoms with Gasteiger partial charge in [0, 0.05) is 17.8 Å². The molecule has 0 saturated carbocycles. The highest BCUT2D eigenvalue weighted by molar-refractivity contribution is 7.14. The molecule has 1 atom stereocenters. The number of pyridine rings is 1. The fraction of sp³-hybridized carbons (Fsp3) is 0. The van der Waals surface area contributed by atoms with Crippen LogP contribution in [0.1, 0.15) is 0 Å². The first-order valence-electron chi connectivity index (χ1n) is 3.25. The Kier molecular flexibility index (Phi) is 1.47. The molecule has 0 saturated heterocycles. The van der Waals surface area contributed by atoms with Gasteiger partial charge in [-0.25, -0.2) is 4.98 Å². The van der Waals surface area contributed by atoms with E-state index in [9.17, 15) is 0 Å². The summed E-state index contributed by atoms with van der Waals surface area (Å²) in [5.41, 5.74) is 1.64. The molecule has 2 aromatic heterocycles. The SMILES string of the molecule is [B]c1cnc2c(ccn2P)c1. The quantitative estimate of drug-likeness (QED) is 0.404. The second kappa shape index (κ2) is 2.35. The van der Waals surface area contributed by atoms with Crippen molar-refractivity contribution in [2.45, 2.75) is 0 Å². The summed E-state index contributed by atoms with van der Waals surface area (Å²) in [5, 5.41) is 1.07. The molecule has 52 valence electrons. The predicted molar refractivity (Wildman–Crippen MR) is 50.2 cm³/mol. The van der Waals surface area contributed by atoms with Gasteiger partial charge < -0.3 is 4.34 Å². The van der Waals surface area contributed by atoms with E-state index in [0.29, 0.717) is 5.46 Å². The van der Waals surface area contributed by atoms with Crippen LogP contribution in [0.5, 0.6) is 0 Å². The van der Waals surface area contributed by atoms with Gasteiger partial charge in [-0.2, -0.15) is 0 Å². The minimum atomic E-state index is 0.703. The van der Waals surface area contributed by atoms with Crippen LogP contribution in [-0.2, 0) is 0 Å². The Bertz CT molecular complexity index is 396. The lowest BCUT2D eigenvalue weighted by Gasteiger charge is -1.94. The van der Waals surface area contributed by atoms with Crippen LogP contribution in [0.25, 0.3) is 11.0 Å². The molecule has 2 nitrogen and oxygen atoms in total. The molecule has 11 heavy (non-hydrogen) atoms. The summed E-state index contributed by atoms with van der Waals surface area (Å²) in [7, 11) is 8.11. The Morgan fingerprint density at radius 2 is 2.36 bits per heavy atom. The summed E-state index contributed by atoms with van der Waals surface area (Å²) in [5.74, 6) is 0. The molecule has 2 rings (SSSR count). The lowest BCUT2D eigenvalue weighted by molar-refractivity contribution is 1.27. The van der Waals surface area contributed by atoms with Crippen LogP contribution in [-0.4, -0.2) is 17.2 Å². The largest absolute Gasteiger partial charge is 0.317 e. The normalized spacial score (nSPS) is 10.6. The van der Waals surface area contributed by atoms with Gasteiger partial charge in [-0.05, 0) is 15.5 Å². The highest BCUT2D eigenvalue weighted by Crippen LogP contribution is 2.12. The summed E-state index contributed by atoms with van der Waals surface area (Å²) in [6.45, 7) is 0. The molecule has 2 heterocycles. The van der Waals surface area contributed by atoms with Gasteiger partial charge in [0.15, 0.2) is 0 Å². The van der Waals surface area contributed by atoms with Crippen molar-refractivity contribution < 1.29 is 0 Å². The van der Waals surface area contributed by atoms with E-state index in [4.69, 9.17) is 7.85 Å². The van der Waals surface area contributed by atoms with Crippen LogP contribution >= 0.6 is 9.39 Å². The van der Waals surface area contributed by atoms with Crippen LogP contribution in [0, 0.1) is 0 Å². The number of hydrogen-bond acceptors (Lipinski definition) is 1. The maximum atomic E-state index is 5.55. The van der Waals surface area contributed by atoms with Crippen LogP contribution in [0.15, 0.2) is 24.5 Å². The van der Waals surface area contributed by atoms with Crippen LogP contribution in [0.2, 0.25) is 0 Å². The molecular weight excluding hydrogens is 154 g/mol. The lowest BCUT2D eigenvalue weighted by atomic mass is 9.98. The van der Waals surface area contributed by atoms with Gasteiger partial charge in [0.05, 0.1) is 0 Å². The third-order valence-corrected chi connectivity index (χ3v) is 1.99. The van der Waals surface area contributed by atoms with E-state index in [1.54, 1.807) is 6.20 Å². The number of rotatable bonds is 0. The van der Waals surface area contributed by atoms with Crippen LogP contribution in [0.4, 0.5) is 0 Å². The molecule has 4 heteroatoms. The third kappa shape index (κ3) is 1.06. The van der Waals surface area contributed by atoms with E-state index in [1.807, 2.05) is 22.7 Å². The average Bonchev–Trinajstić information content (AvgIpc) is 2.32. The number of aromatic nitrogens is 2. The van der Waals surface area contributed by atoms with Crippen molar-refractivity contribution in [3.05, 3.63) is 24.5 Å². The molecule has 0 aliphatic rings. The lowest BCUT2D eigenvalue weighted by Crippen LogP contribution is -2.01. The second-order valence-electron chi connectivity index (χ2n) is 2.40. The minimum Gasteiger partial charge on any atom is -0.317 e. The zero-order chi connectivity index (χ0) is 7.84. The van der Waals surface area contributed by atoms with E-state index in [1.165, 1.54) is 0 Å². The van der Waals surface area contributed by atoms with E-state index < -0.39 is 0 Å². The molecule has 0 N–H and O–H groups in total. The smallest absolute Gasteiger partial charge is 0.142 e. The molecule has 0 aliphatic heterocycles. The summed E-state index contributed by atoms with van der Waals surface area (Å²) < 4.78 is 1.88. The number of fused-ring (bicyclic) bond motifs is 1. The van der Waals surface area contributed by atoms with E-state index >= 15 is 0 Å². The van der Waals surface area contributed by atoms with E-state index in [2.05, 4.69) is 14.4 Å². The zero-order valence-corrected chi connectivity index (χ0v) is 7.01. The topological polar surface area (TPSA) is 17.8 Å². The molecular formula is C7H6BN2P. The van der Waals surface area contributed by atoms with Gasteiger partial charge in [-0.3, -0.25) is 0 Å². The van der Waals surface area contributed by atoms with Crippen molar-refractivity contribution in [1.29, 1.82) is 0 Å². The first-order chi connectivity index (χ1) is 5.27. The average molecular weight is 160 g/mol. The van der Waals surface area contributed by atoms with Crippen LogP contribution < -0.4 is 5.46 Å². The molecule has 0 spiro atoms. The first-order valence-corrected chi connectivity index (χ1v) is 3.76. The fourth-order valence-corrected chi connectivity index (χ4v) is 1.36. The Morgan fingerprint density at radius 3 is 3.18 bits per heavy atom. The molecule has 0 aromatic carbocycles. The first kappa shape index (κ1) is 6.87. The Balaban J connectivity index is 2.86. The summed E-state index contributed by atoms with van der Waals surface area (Å²) >= 11 is 0. The third-order valence-electron chi connectivity index (χ3n) is 1.58. The molecule has 0 fully saturated rings. The minimum absolute atomic E-state index is 0.703. The van der Waals surface area contributed by atoms with Crippen LogP contribution in [0.3, 0.4) is 0 Å². The maximum absolute atomic E-state index is 5.55. The van der Waals surface area contributed by atoms with Gasteiger partial charge in [0.25, 0.3) is 0 Å². The van der Waals surface area contributed by atoms with Gasteiger partial charge >= 0.3 is 0 Å². The molecule has 0 bridgehead atoms. The van der Waals surface area contributed by atoms with Gasteiger partial charge in [-0.15, -0.1) is 0 Å². The highest BCUT2D eigenvalue weighted by Gasteiger charge is 1.96. The Hall–Kier alpha value is -0.815. The number of hydrogen-bond donors (Lipinski definition) is 0. The van der Waals surface area contributed by atoms with E-state index in [-0.39, 0.29) is 0 Å². The van der Waals surface area contributed by atoms with Crippen molar-refractivity contribution in [3.8, 4) is 0 Å². The molecule has 0 aliphatic carbocycles. The highest BCUT2D eigenvalue weighted by atomic mass is 31.0. The van der Waals surface area contributed by atoms with Gasteiger partial charge in [0.2, 0.25) is 0 Å². The summed E-state index contributed by atoms with van der Waals surface area (Å²) in [6.07, 6.45) is 3.59. The van der Waals surface area contributed by atoms with E-state index in [0.717, 1.165) is 11.0 Å². The Labute approximate surface area is 68.3 Å². The van der Waals surface area contributed by atoms with Crippen molar-refractivity contribution in [2.24, 2.45) is 0 Å².